The highest BCUT2D eigenvalue weighted by molar-refractivity contribution is 5.89. The molecule has 1 aliphatic rings. The van der Waals surface area contributed by atoms with Crippen molar-refractivity contribution < 1.29 is 9.47 Å². The van der Waals surface area contributed by atoms with Crippen LogP contribution in [0.5, 0.6) is 0 Å². The SMILES string of the molecule is COCCN=C(N)C1(OC)CCCC1. The van der Waals surface area contributed by atoms with Gasteiger partial charge in [-0.3, -0.25) is 4.99 Å². The molecule has 1 aliphatic carbocycles. The Hall–Kier alpha value is -0.610. The van der Waals surface area contributed by atoms with Crippen LogP contribution in [0.3, 0.4) is 0 Å². The number of methoxy groups -OCH3 is 2. The van der Waals surface area contributed by atoms with Crippen LogP contribution in [0.15, 0.2) is 4.99 Å². The average molecular weight is 200 g/mol. The summed E-state index contributed by atoms with van der Waals surface area (Å²) in [6.45, 7) is 1.23. The Morgan fingerprint density at radius 3 is 2.50 bits per heavy atom. The smallest absolute Gasteiger partial charge is 0.126 e. The van der Waals surface area contributed by atoms with Gasteiger partial charge in [0.05, 0.1) is 13.2 Å². The van der Waals surface area contributed by atoms with Gasteiger partial charge < -0.3 is 15.2 Å². The van der Waals surface area contributed by atoms with E-state index in [0.717, 1.165) is 12.8 Å². The second kappa shape index (κ2) is 5.32. The molecule has 0 amide bonds. The summed E-state index contributed by atoms with van der Waals surface area (Å²) in [4.78, 5) is 4.28. The lowest BCUT2D eigenvalue weighted by Crippen LogP contribution is -2.43. The fraction of sp³-hybridized carbons (Fsp3) is 0.900. The quantitative estimate of drug-likeness (QED) is 0.408. The third kappa shape index (κ3) is 2.45. The summed E-state index contributed by atoms with van der Waals surface area (Å²) >= 11 is 0. The zero-order valence-corrected chi connectivity index (χ0v) is 9.08. The van der Waals surface area contributed by atoms with Gasteiger partial charge in [0.1, 0.15) is 11.4 Å². The van der Waals surface area contributed by atoms with Crippen molar-refractivity contribution in [1.82, 2.24) is 0 Å². The van der Waals surface area contributed by atoms with Gasteiger partial charge in [-0.2, -0.15) is 0 Å². The first-order valence-corrected chi connectivity index (χ1v) is 5.09. The van der Waals surface area contributed by atoms with Gasteiger partial charge >= 0.3 is 0 Å². The molecular weight excluding hydrogens is 180 g/mol. The third-order valence-electron chi connectivity index (χ3n) is 2.85. The van der Waals surface area contributed by atoms with Crippen LogP contribution in [0, 0.1) is 0 Å². The maximum atomic E-state index is 5.93. The Morgan fingerprint density at radius 2 is 2.00 bits per heavy atom. The first-order valence-electron chi connectivity index (χ1n) is 5.09. The van der Waals surface area contributed by atoms with Gasteiger partial charge in [0.15, 0.2) is 0 Å². The van der Waals surface area contributed by atoms with E-state index in [4.69, 9.17) is 15.2 Å². The number of ether oxygens (including phenoxy) is 2. The van der Waals surface area contributed by atoms with Crippen molar-refractivity contribution in [2.45, 2.75) is 31.3 Å². The van der Waals surface area contributed by atoms with E-state index in [1.807, 2.05) is 0 Å². The van der Waals surface area contributed by atoms with Crippen LogP contribution in [0.4, 0.5) is 0 Å². The first-order chi connectivity index (χ1) is 6.75. The summed E-state index contributed by atoms with van der Waals surface area (Å²) in [6, 6.07) is 0. The van der Waals surface area contributed by atoms with Crippen LogP contribution in [0.2, 0.25) is 0 Å². The highest BCUT2D eigenvalue weighted by Crippen LogP contribution is 2.32. The molecular formula is C10H20N2O2. The van der Waals surface area contributed by atoms with Crippen LogP contribution in [0.25, 0.3) is 0 Å². The van der Waals surface area contributed by atoms with E-state index in [9.17, 15) is 0 Å². The number of nitrogens with zero attached hydrogens (tertiary/aromatic N) is 1. The van der Waals surface area contributed by atoms with Gasteiger partial charge in [0.2, 0.25) is 0 Å². The number of hydrogen-bond donors (Lipinski definition) is 1. The number of amidine groups is 1. The van der Waals surface area contributed by atoms with Crippen LogP contribution in [-0.4, -0.2) is 38.8 Å². The van der Waals surface area contributed by atoms with E-state index in [0.29, 0.717) is 19.0 Å². The summed E-state index contributed by atoms with van der Waals surface area (Å²) < 4.78 is 10.4. The van der Waals surface area contributed by atoms with E-state index in [-0.39, 0.29) is 5.60 Å². The molecule has 82 valence electrons. The van der Waals surface area contributed by atoms with Crippen LogP contribution in [0.1, 0.15) is 25.7 Å². The van der Waals surface area contributed by atoms with Gasteiger partial charge in [0.25, 0.3) is 0 Å². The minimum Gasteiger partial charge on any atom is -0.385 e. The molecule has 0 aliphatic heterocycles. The molecule has 0 spiro atoms. The third-order valence-corrected chi connectivity index (χ3v) is 2.85. The Balaban J connectivity index is 2.54. The molecule has 2 N–H and O–H groups in total. The van der Waals surface area contributed by atoms with E-state index in [1.165, 1.54) is 12.8 Å². The normalized spacial score (nSPS) is 21.4. The molecule has 0 aromatic carbocycles. The van der Waals surface area contributed by atoms with E-state index in [2.05, 4.69) is 4.99 Å². The molecule has 1 fully saturated rings. The van der Waals surface area contributed by atoms with Crippen molar-refractivity contribution in [3.05, 3.63) is 0 Å². The molecule has 0 radical (unpaired) electrons. The number of nitrogens with two attached hydrogens (primary N) is 1. The van der Waals surface area contributed by atoms with E-state index < -0.39 is 0 Å². The van der Waals surface area contributed by atoms with Gasteiger partial charge in [-0.15, -0.1) is 0 Å². The van der Waals surface area contributed by atoms with Gasteiger partial charge in [0, 0.05) is 14.2 Å². The summed E-state index contributed by atoms with van der Waals surface area (Å²) in [5.41, 5.74) is 5.65. The molecule has 1 rings (SSSR count). The highest BCUT2D eigenvalue weighted by atomic mass is 16.5. The summed E-state index contributed by atoms with van der Waals surface area (Å²) in [7, 11) is 3.37. The standard InChI is InChI=1S/C10H20N2O2/c1-13-8-7-12-9(11)10(14-2)5-3-4-6-10/h3-8H2,1-2H3,(H2,11,12). The largest absolute Gasteiger partial charge is 0.385 e. The lowest BCUT2D eigenvalue weighted by Gasteiger charge is -2.26. The predicted molar refractivity (Wildman–Crippen MR) is 56.6 cm³/mol. The van der Waals surface area contributed by atoms with Crippen molar-refractivity contribution in [1.29, 1.82) is 0 Å². The van der Waals surface area contributed by atoms with Crippen LogP contribution >= 0.6 is 0 Å². The van der Waals surface area contributed by atoms with Crippen molar-refractivity contribution in [2.24, 2.45) is 10.7 Å². The molecule has 0 unspecified atom stereocenters. The number of rotatable bonds is 5. The molecule has 0 bridgehead atoms. The molecule has 0 heterocycles. The highest BCUT2D eigenvalue weighted by Gasteiger charge is 2.37. The second-order valence-electron chi connectivity index (χ2n) is 3.67. The molecule has 4 heteroatoms. The maximum absolute atomic E-state index is 5.93. The van der Waals surface area contributed by atoms with Crippen molar-refractivity contribution in [2.75, 3.05) is 27.4 Å². The lowest BCUT2D eigenvalue weighted by atomic mass is 10.0. The number of aliphatic imine (C=N–C) groups is 1. The minimum atomic E-state index is -0.284. The Kier molecular flexibility index (Phi) is 4.35. The topological polar surface area (TPSA) is 56.8 Å². The Morgan fingerprint density at radius 1 is 1.36 bits per heavy atom. The maximum Gasteiger partial charge on any atom is 0.126 e. The van der Waals surface area contributed by atoms with Crippen molar-refractivity contribution in [3.8, 4) is 0 Å². The van der Waals surface area contributed by atoms with E-state index in [1.54, 1.807) is 14.2 Å². The summed E-state index contributed by atoms with van der Waals surface area (Å²) in [5.74, 6) is 0.634. The van der Waals surface area contributed by atoms with Crippen molar-refractivity contribution in [3.63, 3.8) is 0 Å². The second-order valence-corrected chi connectivity index (χ2v) is 3.67. The Bertz CT molecular complexity index is 198. The van der Waals surface area contributed by atoms with Gasteiger partial charge in [-0.05, 0) is 25.7 Å². The first kappa shape index (κ1) is 11.5. The Labute approximate surface area is 85.5 Å². The summed E-state index contributed by atoms with van der Waals surface area (Å²) in [5, 5.41) is 0. The molecule has 0 saturated heterocycles. The van der Waals surface area contributed by atoms with Crippen molar-refractivity contribution >= 4 is 5.84 Å². The fourth-order valence-electron chi connectivity index (χ4n) is 1.91. The van der Waals surface area contributed by atoms with Gasteiger partial charge in [-0.25, -0.2) is 0 Å². The lowest BCUT2D eigenvalue weighted by molar-refractivity contribution is 0.0549. The molecule has 0 atom stereocenters. The predicted octanol–water partition coefficient (Wildman–Crippen LogP) is 0.949. The molecule has 1 saturated carbocycles. The molecule has 0 aromatic heterocycles. The van der Waals surface area contributed by atoms with Crippen LogP contribution in [-0.2, 0) is 9.47 Å². The van der Waals surface area contributed by atoms with Gasteiger partial charge in [-0.1, -0.05) is 0 Å². The average Bonchev–Trinajstić information content (AvgIpc) is 2.67. The molecule has 14 heavy (non-hydrogen) atoms. The zero-order valence-electron chi connectivity index (χ0n) is 9.08. The minimum absolute atomic E-state index is 0.284. The zero-order chi connectivity index (χ0) is 10.4. The summed E-state index contributed by atoms with van der Waals surface area (Å²) in [6.07, 6.45) is 4.33. The fourth-order valence-corrected chi connectivity index (χ4v) is 1.91. The monoisotopic (exact) mass is 200 g/mol. The van der Waals surface area contributed by atoms with Crippen LogP contribution < -0.4 is 5.73 Å². The van der Waals surface area contributed by atoms with E-state index >= 15 is 0 Å². The number of hydrogen-bond acceptors (Lipinski definition) is 3. The molecule has 4 nitrogen and oxygen atoms in total. The molecule has 0 aromatic rings.